The van der Waals surface area contributed by atoms with Crippen molar-refractivity contribution in [3.05, 3.63) is 57.6 Å². The van der Waals surface area contributed by atoms with Crippen LogP contribution in [0.25, 0.3) is 11.1 Å². The lowest BCUT2D eigenvalue weighted by molar-refractivity contribution is -0.142. The van der Waals surface area contributed by atoms with Crippen LogP contribution in [-0.4, -0.2) is 86.5 Å². The van der Waals surface area contributed by atoms with Crippen molar-refractivity contribution in [1.29, 1.82) is 0 Å². The zero-order valence-electron chi connectivity index (χ0n) is 25.4. The maximum atomic E-state index is 11.6. The molecule has 3 fully saturated rings. The molecule has 9 heteroatoms. The number of benzene rings is 2. The van der Waals surface area contributed by atoms with Crippen LogP contribution < -0.4 is 5.32 Å². The molecule has 7 nitrogen and oxygen atoms in total. The number of carbonyl (C=O) groups is 2. The molecule has 3 heterocycles. The van der Waals surface area contributed by atoms with Gasteiger partial charge in [0.1, 0.15) is 0 Å². The maximum Gasteiger partial charge on any atom is 0.319 e. The van der Waals surface area contributed by atoms with E-state index in [-0.39, 0.29) is 5.97 Å². The van der Waals surface area contributed by atoms with Crippen molar-refractivity contribution in [2.45, 2.75) is 51.6 Å². The summed E-state index contributed by atoms with van der Waals surface area (Å²) in [7, 11) is 1.47. The Morgan fingerprint density at radius 3 is 1.77 bits per heavy atom. The summed E-state index contributed by atoms with van der Waals surface area (Å²) in [6.45, 7) is 9.38. The summed E-state index contributed by atoms with van der Waals surface area (Å²) in [5.41, 5.74) is 4.87. The van der Waals surface area contributed by atoms with Crippen molar-refractivity contribution in [3.8, 4) is 11.1 Å². The molecule has 3 aliphatic heterocycles. The summed E-state index contributed by atoms with van der Waals surface area (Å²) >= 11 is 12.8. The molecule has 0 aliphatic carbocycles. The van der Waals surface area contributed by atoms with Crippen LogP contribution in [0.1, 0.15) is 49.7 Å². The van der Waals surface area contributed by atoms with Crippen LogP contribution in [0.3, 0.4) is 0 Å². The fourth-order valence-corrected chi connectivity index (χ4v) is 7.85. The van der Waals surface area contributed by atoms with Crippen molar-refractivity contribution in [1.82, 2.24) is 20.0 Å². The van der Waals surface area contributed by atoms with E-state index in [1.54, 1.807) is 6.07 Å². The van der Waals surface area contributed by atoms with E-state index >= 15 is 0 Å². The molecule has 0 saturated carbocycles. The Hall–Kier alpha value is -2.16. The highest BCUT2D eigenvalue weighted by Gasteiger charge is 2.30. The molecule has 2 aromatic carbocycles. The van der Waals surface area contributed by atoms with Crippen molar-refractivity contribution in [2.24, 2.45) is 17.8 Å². The number of hydrogen-bond donors (Lipinski definition) is 1. The topological polar surface area (TPSA) is 65.1 Å². The van der Waals surface area contributed by atoms with E-state index in [0.29, 0.717) is 22.5 Å². The summed E-state index contributed by atoms with van der Waals surface area (Å²) in [5, 5.41) is 4.15. The highest BCUT2D eigenvalue weighted by atomic mass is 35.5. The van der Waals surface area contributed by atoms with Crippen molar-refractivity contribution >= 4 is 35.6 Å². The number of amides is 1. The van der Waals surface area contributed by atoms with Crippen LogP contribution in [0.4, 0.5) is 0 Å². The molecule has 1 N–H and O–H groups in total. The van der Waals surface area contributed by atoms with Gasteiger partial charge in [-0.05, 0) is 148 Å². The number of carbonyl (C=O) groups excluding carboxylic acids is 2. The first-order valence-corrected chi connectivity index (χ1v) is 16.6. The number of methoxy groups -OCH3 is 1. The van der Waals surface area contributed by atoms with Crippen LogP contribution in [0, 0.1) is 17.8 Å². The third kappa shape index (κ3) is 9.41. The minimum Gasteiger partial charge on any atom is -0.468 e. The van der Waals surface area contributed by atoms with Crippen molar-refractivity contribution < 1.29 is 14.3 Å². The lowest BCUT2D eigenvalue weighted by Crippen LogP contribution is -2.42. The van der Waals surface area contributed by atoms with Crippen LogP contribution >= 0.6 is 23.2 Å². The molecule has 2 aromatic rings. The van der Waals surface area contributed by atoms with Gasteiger partial charge in [-0.15, -0.1) is 0 Å². The Bertz CT molecular complexity index is 1200. The number of esters is 1. The molecule has 0 aromatic heterocycles. The Labute approximate surface area is 266 Å². The lowest BCUT2D eigenvalue weighted by atomic mass is 9.78. The SMILES string of the molecule is COC(=O)CN1CCC(C2CCN(Cc3cc(CN4CCC(CNC=O)CC4)cc(-c4cc(Cl)cc(Cl)c4)c3)CC2)CC1. The van der Waals surface area contributed by atoms with Gasteiger partial charge in [0.05, 0.1) is 13.7 Å². The summed E-state index contributed by atoms with van der Waals surface area (Å²) in [4.78, 5) is 29.7. The molecule has 3 aliphatic rings. The third-order valence-electron chi connectivity index (χ3n) is 9.77. The molecule has 0 unspecified atom stereocenters. The molecular weight excluding hydrogens is 583 g/mol. The third-order valence-corrected chi connectivity index (χ3v) is 10.2. The number of hydrogen-bond acceptors (Lipinski definition) is 6. The molecule has 234 valence electrons. The van der Waals surface area contributed by atoms with Gasteiger partial charge in [0.25, 0.3) is 0 Å². The van der Waals surface area contributed by atoms with Gasteiger partial charge in [0, 0.05) is 29.7 Å². The van der Waals surface area contributed by atoms with E-state index in [1.807, 2.05) is 12.1 Å². The number of likely N-dealkylation sites (tertiary alicyclic amines) is 3. The number of piperidine rings is 3. The van der Waals surface area contributed by atoms with Gasteiger partial charge < -0.3 is 10.1 Å². The summed E-state index contributed by atoms with van der Waals surface area (Å²) in [5.74, 6) is 1.96. The van der Waals surface area contributed by atoms with Crippen LogP contribution in [-0.2, 0) is 27.4 Å². The monoisotopic (exact) mass is 628 g/mol. The predicted molar refractivity (Wildman–Crippen MR) is 173 cm³/mol. The van der Waals surface area contributed by atoms with Gasteiger partial charge >= 0.3 is 5.97 Å². The largest absolute Gasteiger partial charge is 0.468 e. The van der Waals surface area contributed by atoms with E-state index in [4.69, 9.17) is 27.9 Å². The Morgan fingerprint density at radius 2 is 1.26 bits per heavy atom. The van der Waals surface area contributed by atoms with E-state index < -0.39 is 0 Å². The molecule has 5 rings (SSSR count). The molecule has 43 heavy (non-hydrogen) atoms. The van der Waals surface area contributed by atoms with Crippen LogP contribution in [0.15, 0.2) is 36.4 Å². The average Bonchev–Trinajstić information content (AvgIpc) is 3.01. The lowest BCUT2D eigenvalue weighted by Gasteiger charge is -2.40. The fourth-order valence-electron chi connectivity index (χ4n) is 7.32. The molecule has 0 bridgehead atoms. The highest BCUT2D eigenvalue weighted by Crippen LogP contribution is 2.34. The van der Waals surface area contributed by atoms with Crippen molar-refractivity contribution in [3.63, 3.8) is 0 Å². The number of rotatable bonds is 11. The number of nitrogens with one attached hydrogen (secondary N) is 1. The van der Waals surface area contributed by atoms with Gasteiger partial charge in [0.2, 0.25) is 6.41 Å². The molecule has 3 saturated heterocycles. The molecular formula is C34H46Cl2N4O3. The molecule has 0 atom stereocenters. The van der Waals surface area contributed by atoms with E-state index in [9.17, 15) is 9.59 Å². The van der Waals surface area contributed by atoms with E-state index in [0.717, 1.165) is 101 Å². The van der Waals surface area contributed by atoms with Gasteiger partial charge in [-0.2, -0.15) is 0 Å². The van der Waals surface area contributed by atoms with Crippen LogP contribution in [0.2, 0.25) is 10.0 Å². The minimum absolute atomic E-state index is 0.134. The predicted octanol–water partition coefficient (Wildman–Crippen LogP) is 5.72. The summed E-state index contributed by atoms with van der Waals surface area (Å²) in [6, 6.07) is 12.8. The Balaban J connectivity index is 1.21. The first-order valence-electron chi connectivity index (χ1n) is 15.9. The second kappa shape index (κ2) is 15.7. The van der Waals surface area contributed by atoms with Gasteiger partial charge in [-0.1, -0.05) is 29.3 Å². The summed E-state index contributed by atoms with van der Waals surface area (Å²) in [6.07, 6.45) is 7.87. The first-order chi connectivity index (χ1) is 20.9. The number of ether oxygens (including phenoxy) is 1. The molecule has 0 radical (unpaired) electrons. The maximum absolute atomic E-state index is 11.6. The average molecular weight is 630 g/mol. The summed E-state index contributed by atoms with van der Waals surface area (Å²) < 4.78 is 4.85. The molecule has 0 spiro atoms. The second-order valence-corrected chi connectivity index (χ2v) is 13.6. The Morgan fingerprint density at radius 1 is 0.767 bits per heavy atom. The normalized spacial score (nSPS) is 20.3. The standard InChI is InChI=1S/C34H46Cl2N4O3/c1-43-34(42)23-40-12-6-29(7-13-40)28-4-10-39(11-5-28)22-27-14-26(21-38-8-2-25(3-9-38)20-37-24-41)15-30(16-27)31-17-32(35)19-33(36)18-31/h14-19,24-25,28-29H,2-13,20-23H2,1H3,(H,37,41). The first kappa shape index (κ1) is 32.2. The number of nitrogens with zero attached hydrogens (tertiary/aromatic N) is 3. The smallest absolute Gasteiger partial charge is 0.319 e. The van der Waals surface area contributed by atoms with Crippen LogP contribution in [0.5, 0.6) is 0 Å². The second-order valence-electron chi connectivity index (χ2n) is 12.7. The number of halogens is 2. The zero-order valence-corrected chi connectivity index (χ0v) is 26.9. The van der Waals surface area contributed by atoms with Gasteiger partial charge in [0.15, 0.2) is 0 Å². The fraction of sp³-hybridized carbons (Fsp3) is 0.588. The van der Waals surface area contributed by atoms with Crippen molar-refractivity contribution in [2.75, 3.05) is 59.5 Å². The van der Waals surface area contributed by atoms with E-state index in [1.165, 1.54) is 43.9 Å². The molecule has 1 amide bonds. The zero-order chi connectivity index (χ0) is 30.2. The highest BCUT2D eigenvalue weighted by molar-refractivity contribution is 6.35. The minimum atomic E-state index is -0.134. The Kier molecular flexibility index (Phi) is 11.8. The van der Waals surface area contributed by atoms with E-state index in [2.05, 4.69) is 38.2 Å². The van der Waals surface area contributed by atoms with Gasteiger partial charge in [-0.25, -0.2) is 0 Å². The van der Waals surface area contributed by atoms with Gasteiger partial charge in [-0.3, -0.25) is 24.3 Å². The quantitative estimate of drug-likeness (QED) is 0.254.